The number of nitrogens with one attached hydrogen (secondary N) is 2. The van der Waals surface area contributed by atoms with E-state index in [9.17, 15) is 14.0 Å². The van der Waals surface area contributed by atoms with Crippen LogP contribution in [0.3, 0.4) is 0 Å². The first kappa shape index (κ1) is 29.5. The van der Waals surface area contributed by atoms with Crippen LogP contribution >= 0.6 is 23.1 Å². The molecule has 10 heteroatoms. The zero-order chi connectivity index (χ0) is 28.1. The van der Waals surface area contributed by atoms with E-state index >= 15 is 0 Å². The molecule has 4 heterocycles. The zero-order valence-corrected chi connectivity index (χ0v) is 25.3. The molecule has 0 unspecified atom stereocenters. The zero-order valence-electron chi connectivity index (χ0n) is 23.7. The van der Waals surface area contributed by atoms with Crippen molar-refractivity contribution < 1.29 is 14.0 Å². The summed E-state index contributed by atoms with van der Waals surface area (Å²) < 4.78 is 13.4. The van der Waals surface area contributed by atoms with Gasteiger partial charge in [-0.15, -0.1) is 0 Å². The third-order valence-corrected chi connectivity index (χ3v) is 10.9. The van der Waals surface area contributed by atoms with Crippen molar-refractivity contribution in [2.45, 2.75) is 64.5 Å². The van der Waals surface area contributed by atoms with Crippen LogP contribution in [-0.4, -0.2) is 82.9 Å². The maximum Gasteiger partial charge on any atom is 0.321 e. The fraction of sp³-hybridized carbons (Fsp3) is 0.633. The lowest BCUT2D eigenvalue weighted by atomic mass is 9.87. The van der Waals surface area contributed by atoms with Gasteiger partial charge in [-0.25, -0.2) is 14.2 Å². The van der Waals surface area contributed by atoms with Gasteiger partial charge in [0.15, 0.2) is 10.9 Å². The van der Waals surface area contributed by atoms with Gasteiger partial charge in [-0.05, 0) is 87.1 Å². The number of anilines is 1. The molecule has 3 atom stereocenters. The van der Waals surface area contributed by atoms with Crippen molar-refractivity contribution in [1.29, 1.82) is 0 Å². The Labute approximate surface area is 245 Å². The number of hydrogen-bond donors (Lipinski definition) is 2. The number of aryl methyl sites for hydroxylation is 1. The molecule has 5 rings (SSSR count). The molecule has 218 valence electrons. The Morgan fingerprint density at radius 3 is 2.58 bits per heavy atom. The fourth-order valence-corrected chi connectivity index (χ4v) is 8.60. The molecule has 1 aromatic heterocycles. The minimum atomic E-state index is -0.241. The first-order valence-electron chi connectivity index (χ1n) is 14.7. The average molecular weight is 588 g/mol. The molecule has 0 spiro atoms. The van der Waals surface area contributed by atoms with Crippen LogP contribution in [0.4, 0.5) is 14.3 Å². The van der Waals surface area contributed by atoms with E-state index in [1.165, 1.54) is 61.0 Å². The van der Waals surface area contributed by atoms with Crippen molar-refractivity contribution in [2.75, 3.05) is 49.5 Å². The van der Waals surface area contributed by atoms with Crippen LogP contribution in [0, 0.1) is 24.6 Å². The normalized spacial score (nSPS) is 25.0. The van der Waals surface area contributed by atoms with E-state index < -0.39 is 0 Å². The van der Waals surface area contributed by atoms with E-state index in [1.807, 2.05) is 12.1 Å². The number of carbonyl (C=O) groups is 2. The second kappa shape index (κ2) is 13.8. The van der Waals surface area contributed by atoms with Crippen LogP contribution in [0.25, 0.3) is 0 Å². The Hall–Kier alpha value is -2.01. The van der Waals surface area contributed by atoms with Gasteiger partial charge in [0.2, 0.25) is 0 Å². The van der Waals surface area contributed by atoms with Gasteiger partial charge in [-0.1, -0.05) is 23.5 Å². The lowest BCUT2D eigenvalue weighted by molar-refractivity contribution is 0.0608. The van der Waals surface area contributed by atoms with E-state index in [2.05, 4.69) is 37.2 Å². The Kier molecular flexibility index (Phi) is 10.1. The van der Waals surface area contributed by atoms with Crippen LogP contribution in [0.5, 0.6) is 0 Å². The van der Waals surface area contributed by atoms with E-state index in [0.29, 0.717) is 33.6 Å². The number of likely N-dealkylation sites (tertiary alicyclic amines) is 2. The molecule has 3 saturated heterocycles. The smallest absolute Gasteiger partial charge is 0.321 e. The number of thioether (sulfide) groups is 1. The average Bonchev–Trinajstić information content (AvgIpc) is 3.31. The summed E-state index contributed by atoms with van der Waals surface area (Å²) in [4.78, 5) is 35.2. The van der Waals surface area contributed by atoms with Crippen molar-refractivity contribution in [3.8, 4) is 0 Å². The summed E-state index contributed by atoms with van der Waals surface area (Å²) in [7, 11) is 0. The van der Waals surface area contributed by atoms with Crippen molar-refractivity contribution in [3.05, 3.63) is 46.2 Å². The molecular formula is C30H42FN5O2S2. The maximum atomic E-state index is 13.4. The van der Waals surface area contributed by atoms with Gasteiger partial charge in [0.25, 0.3) is 0 Å². The largest absolute Gasteiger partial charge is 0.335 e. The fourth-order valence-electron chi connectivity index (χ4n) is 6.66. The molecular weight excluding hydrogens is 545 g/mol. The number of piperidine rings is 2. The van der Waals surface area contributed by atoms with Gasteiger partial charge < -0.3 is 10.2 Å². The maximum absolute atomic E-state index is 13.4. The molecule has 0 saturated carbocycles. The minimum absolute atomic E-state index is 0.0312. The number of nitrogens with zero attached hydrogens (tertiary/aromatic N) is 3. The van der Waals surface area contributed by atoms with Crippen LogP contribution in [0.15, 0.2) is 24.3 Å². The highest BCUT2D eigenvalue weighted by Crippen LogP contribution is 2.29. The van der Waals surface area contributed by atoms with Crippen LogP contribution in [-0.2, 0) is 6.42 Å². The molecule has 3 fully saturated rings. The van der Waals surface area contributed by atoms with Gasteiger partial charge in [0.1, 0.15) is 5.82 Å². The summed E-state index contributed by atoms with van der Waals surface area (Å²) in [6.45, 7) is 8.43. The minimum Gasteiger partial charge on any atom is -0.335 e. The highest BCUT2D eigenvalue weighted by Gasteiger charge is 2.36. The van der Waals surface area contributed by atoms with Crippen LogP contribution in [0.1, 0.15) is 60.0 Å². The van der Waals surface area contributed by atoms with Gasteiger partial charge in [0, 0.05) is 51.1 Å². The van der Waals surface area contributed by atoms with Crippen LogP contribution in [0.2, 0.25) is 0 Å². The molecule has 1 aromatic carbocycles. The topological polar surface area (TPSA) is 77.6 Å². The number of urea groups is 1. The number of rotatable bonds is 8. The van der Waals surface area contributed by atoms with Crippen molar-refractivity contribution in [2.24, 2.45) is 11.8 Å². The third-order valence-electron chi connectivity index (χ3n) is 8.66. The van der Waals surface area contributed by atoms with Crippen molar-refractivity contribution in [1.82, 2.24) is 20.1 Å². The summed E-state index contributed by atoms with van der Waals surface area (Å²) in [5.74, 6) is 3.16. The summed E-state index contributed by atoms with van der Waals surface area (Å²) in [5.41, 5.74) is 1.86. The molecule has 3 aliphatic rings. The molecule has 2 amide bonds. The highest BCUT2D eigenvalue weighted by atomic mass is 32.2. The predicted octanol–water partition coefficient (Wildman–Crippen LogP) is 5.46. The molecule has 2 N–H and O–H groups in total. The standard InChI is InChI=1S/C30H42FN5O2S2/c1-20-28(21(2)37)40-30(32-20)34-29(38)33-27-9-13-36(26-10-14-39-15-11-26)19-24(27)18-35-12-3-4-23(17-35)16-22-5-7-25(31)8-6-22/h5-8,23-24,26-27H,3-4,9-19H2,1-2H3,(H2,32,33,34,38)/t23-,24+,27+/m0/s1. The molecule has 0 aliphatic carbocycles. The quantitative estimate of drug-likeness (QED) is 0.400. The third kappa shape index (κ3) is 7.84. The number of Topliss-reactive ketones (excluding diaryl/α,β-unsaturated/α-hetero) is 1. The number of benzene rings is 1. The second-order valence-corrected chi connectivity index (χ2v) is 13.9. The lowest BCUT2D eigenvalue weighted by Gasteiger charge is -2.45. The number of aromatic nitrogens is 1. The highest BCUT2D eigenvalue weighted by molar-refractivity contribution is 7.99. The number of amides is 2. The van der Waals surface area contributed by atoms with Gasteiger partial charge in [-0.2, -0.15) is 11.8 Å². The summed E-state index contributed by atoms with van der Waals surface area (Å²) >= 11 is 3.30. The molecule has 7 nitrogen and oxygen atoms in total. The molecule has 0 radical (unpaired) electrons. The number of ketones is 1. The van der Waals surface area contributed by atoms with E-state index in [-0.39, 0.29) is 23.7 Å². The first-order chi connectivity index (χ1) is 19.3. The number of thiazole rings is 1. The van der Waals surface area contributed by atoms with Gasteiger partial charge >= 0.3 is 6.03 Å². The van der Waals surface area contributed by atoms with E-state index in [1.54, 1.807) is 19.1 Å². The van der Waals surface area contributed by atoms with Crippen molar-refractivity contribution in [3.63, 3.8) is 0 Å². The molecule has 3 aliphatic heterocycles. The monoisotopic (exact) mass is 587 g/mol. The van der Waals surface area contributed by atoms with E-state index in [0.717, 1.165) is 45.6 Å². The SMILES string of the molecule is CC(=O)c1sc(NC(=O)N[C@@H]2CCN(C3CCSCC3)C[C@H]2CN2CCC[C@@H](Cc3ccc(F)cc3)C2)nc1C. The van der Waals surface area contributed by atoms with E-state index in [4.69, 9.17) is 0 Å². The molecule has 0 bridgehead atoms. The Morgan fingerprint density at radius 1 is 1.07 bits per heavy atom. The van der Waals surface area contributed by atoms with Crippen LogP contribution < -0.4 is 10.6 Å². The van der Waals surface area contributed by atoms with Crippen molar-refractivity contribution >= 4 is 40.0 Å². The molecule has 40 heavy (non-hydrogen) atoms. The second-order valence-electron chi connectivity index (χ2n) is 11.7. The first-order valence-corrected chi connectivity index (χ1v) is 16.7. The number of halogens is 1. The Balaban J connectivity index is 1.22. The summed E-state index contributed by atoms with van der Waals surface area (Å²) in [6.07, 6.45) is 6.78. The summed E-state index contributed by atoms with van der Waals surface area (Å²) in [5, 5.41) is 6.64. The number of hydrogen-bond acceptors (Lipinski definition) is 7. The lowest BCUT2D eigenvalue weighted by Crippen LogP contribution is -2.57. The van der Waals surface area contributed by atoms with Gasteiger partial charge in [0.05, 0.1) is 10.6 Å². The predicted molar refractivity (Wildman–Crippen MR) is 162 cm³/mol. The number of carbonyl (C=O) groups excluding carboxylic acids is 2. The Bertz CT molecular complexity index is 1150. The van der Waals surface area contributed by atoms with Gasteiger partial charge in [-0.3, -0.25) is 15.0 Å². The Morgan fingerprint density at radius 2 is 1.85 bits per heavy atom. The summed E-state index contributed by atoms with van der Waals surface area (Å²) in [6, 6.07) is 7.44. The molecule has 2 aromatic rings.